The van der Waals surface area contributed by atoms with E-state index in [4.69, 9.17) is 11.6 Å². The molecule has 2 aromatic heterocycles. The van der Waals surface area contributed by atoms with E-state index >= 15 is 0 Å². The van der Waals surface area contributed by atoms with Crippen LogP contribution in [0.25, 0.3) is 0 Å². The Morgan fingerprint density at radius 2 is 2.00 bits per heavy atom. The predicted molar refractivity (Wildman–Crippen MR) is 66.5 cm³/mol. The lowest BCUT2D eigenvalue weighted by Gasteiger charge is -2.10. The fraction of sp³-hybridized carbons (Fsp3) is 0.500. The van der Waals surface area contributed by atoms with Crippen LogP contribution in [0.2, 0.25) is 5.15 Å². The quantitative estimate of drug-likeness (QED) is 0.861. The van der Waals surface area contributed by atoms with E-state index in [1.165, 1.54) is 24.6 Å². The van der Waals surface area contributed by atoms with Crippen molar-refractivity contribution in [2.45, 2.75) is 41.9 Å². The number of hydrogen-bond donors (Lipinski definition) is 0. The highest BCUT2D eigenvalue weighted by atomic mass is 35.5. The summed E-state index contributed by atoms with van der Waals surface area (Å²) < 4.78 is 1.88. The van der Waals surface area contributed by atoms with Crippen molar-refractivity contribution in [3.8, 4) is 0 Å². The fourth-order valence-corrected chi connectivity index (χ4v) is 3.09. The lowest BCUT2D eigenvalue weighted by Crippen LogP contribution is -2.08. The highest BCUT2D eigenvalue weighted by molar-refractivity contribution is 7.99. The summed E-state index contributed by atoms with van der Waals surface area (Å²) in [6, 6.07) is 0.401. The van der Waals surface area contributed by atoms with E-state index in [0.29, 0.717) is 16.2 Å². The third kappa shape index (κ3) is 2.32. The van der Waals surface area contributed by atoms with Crippen molar-refractivity contribution < 1.29 is 0 Å². The highest BCUT2D eigenvalue weighted by Gasteiger charge is 2.22. The first-order valence-electron chi connectivity index (χ1n) is 5.77. The van der Waals surface area contributed by atoms with E-state index in [0.717, 1.165) is 18.0 Å². The van der Waals surface area contributed by atoms with Gasteiger partial charge in [0, 0.05) is 12.4 Å². The normalized spacial score (nSPS) is 16.3. The molecule has 1 aliphatic rings. The van der Waals surface area contributed by atoms with Crippen LogP contribution in [0.5, 0.6) is 0 Å². The zero-order valence-corrected chi connectivity index (χ0v) is 11.1. The zero-order chi connectivity index (χ0) is 12.4. The monoisotopic (exact) mass is 282 g/mol. The van der Waals surface area contributed by atoms with Gasteiger partial charge in [-0.25, -0.2) is 14.6 Å². The largest absolute Gasteiger partial charge is 0.245 e. The smallest absolute Gasteiger partial charge is 0.215 e. The second kappa shape index (κ2) is 5.19. The number of rotatable bonds is 3. The summed E-state index contributed by atoms with van der Waals surface area (Å²) >= 11 is 7.34. The van der Waals surface area contributed by atoms with Crippen LogP contribution in [0.4, 0.5) is 0 Å². The van der Waals surface area contributed by atoms with Gasteiger partial charge in [0.2, 0.25) is 5.16 Å². The molecule has 3 rings (SSSR count). The van der Waals surface area contributed by atoms with Gasteiger partial charge in [-0.3, -0.25) is 0 Å². The molecule has 0 atom stereocenters. The molecule has 1 fully saturated rings. The maximum atomic E-state index is 5.98. The molecule has 0 aromatic carbocycles. The van der Waals surface area contributed by atoms with Crippen LogP contribution in [0, 0.1) is 0 Å². The summed E-state index contributed by atoms with van der Waals surface area (Å²) in [7, 11) is 0. The van der Waals surface area contributed by atoms with Gasteiger partial charge < -0.3 is 0 Å². The number of halogens is 1. The molecule has 0 N–H and O–H groups in total. The molecule has 0 saturated heterocycles. The summed E-state index contributed by atoms with van der Waals surface area (Å²) in [5, 5.41) is 13.6. The molecule has 0 unspecified atom stereocenters. The molecular formula is C10H11ClN6S. The van der Waals surface area contributed by atoms with Gasteiger partial charge in [-0.05, 0) is 35.0 Å². The van der Waals surface area contributed by atoms with Crippen LogP contribution in [0.1, 0.15) is 31.7 Å². The van der Waals surface area contributed by atoms with Crippen molar-refractivity contribution in [1.29, 1.82) is 0 Å². The Balaban J connectivity index is 1.85. The van der Waals surface area contributed by atoms with E-state index in [-0.39, 0.29) is 0 Å². The van der Waals surface area contributed by atoms with Crippen LogP contribution < -0.4 is 0 Å². The van der Waals surface area contributed by atoms with Crippen LogP contribution >= 0.6 is 23.4 Å². The van der Waals surface area contributed by atoms with Gasteiger partial charge in [0.15, 0.2) is 5.15 Å². The van der Waals surface area contributed by atoms with Crippen molar-refractivity contribution in [1.82, 2.24) is 30.2 Å². The average Bonchev–Trinajstić information content (AvgIpc) is 3.02. The Kier molecular flexibility index (Phi) is 3.42. The zero-order valence-electron chi connectivity index (χ0n) is 9.53. The van der Waals surface area contributed by atoms with Crippen molar-refractivity contribution in [2.75, 3.05) is 0 Å². The lowest BCUT2D eigenvalue weighted by atomic mass is 10.3. The van der Waals surface area contributed by atoms with Crippen LogP contribution in [-0.2, 0) is 0 Å². The summed E-state index contributed by atoms with van der Waals surface area (Å²) in [5.41, 5.74) is 0. The number of hydrogen-bond acceptors (Lipinski definition) is 6. The molecule has 2 aromatic rings. The standard InChI is InChI=1S/C10H11ClN6S/c11-8-9(13-6-5-12-8)18-10-14-15-16-17(10)7-3-1-2-4-7/h5-7H,1-4H2. The average molecular weight is 283 g/mol. The van der Waals surface area contributed by atoms with Gasteiger partial charge in [-0.1, -0.05) is 24.4 Å². The van der Waals surface area contributed by atoms with E-state index in [1.807, 2.05) is 4.68 Å². The highest BCUT2D eigenvalue weighted by Crippen LogP contribution is 2.34. The second-order valence-electron chi connectivity index (χ2n) is 4.10. The summed E-state index contributed by atoms with van der Waals surface area (Å²) in [6.45, 7) is 0. The molecule has 94 valence electrons. The molecule has 0 bridgehead atoms. The minimum absolute atomic E-state index is 0.378. The van der Waals surface area contributed by atoms with Crippen molar-refractivity contribution >= 4 is 23.4 Å². The Morgan fingerprint density at radius 3 is 2.78 bits per heavy atom. The Hall–Kier alpha value is -1.21. The van der Waals surface area contributed by atoms with Gasteiger partial charge in [-0.2, -0.15) is 0 Å². The summed E-state index contributed by atoms with van der Waals surface area (Å²) in [5.74, 6) is 0. The summed E-state index contributed by atoms with van der Waals surface area (Å²) in [4.78, 5) is 8.17. The second-order valence-corrected chi connectivity index (χ2v) is 5.41. The molecule has 0 radical (unpaired) electrons. The number of aromatic nitrogens is 6. The third-order valence-corrected chi connectivity index (χ3v) is 4.28. The van der Waals surface area contributed by atoms with E-state index in [2.05, 4.69) is 25.5 Å². The lowest BCUT2D eigenvalue weighted by molar-refractivity contribution is 0.423. The topological polar surface area (TPSA) is 69.4 Å². The maximum Gasteiger partial charge on any atom is 0.215 e. The first-order valence-corrected chi connectivity index (χ1v) is 6.96. The van der Waals surface area contributed by atoms with Crippen molar-refractivity contribution in [2.24, 2.45) is 0 Å². The predicted octanol–water partition coefficient (Wildman–Crippen LogP) is 2.38. The van der Waals surface area contributed by atoms with Crippen molar-refractivity contribution in [3.05, 3.63) is 17.5 Å². The fourth-order valence-electron chi connectivity index (χ4n) is 2.09. The minimum Gasteiger partial charge on any atom is -0.245 e. The van der Waals surface area contributed by atoms with Crippen LogP contribution in [0.15, 0.2) is 22.6 Å². The van der Waals surface area contributed by atoms with E-state index in [9.17, 15) is 0 Å². The molecule has 0 spiro atoms. The van der Waals surface area contributed by atoms with Gasteiger partial charge in [0.1, 0.15) is 5.03 Å². The summed E-state index contributed by atoms with van der Waals surface area (Å²) in [6.07, 6.45) is 7.91. The SMILES string of the molecule is Clc1nccnc1Sc1nnnn1C1CCCC1. The third-order valence-electron chi connectivity index (χ3n) is 2.94. The Bertz CT molecular complexity index is 539. The number of tetrazole rings is 1. The van der Waals surface area contributed by atoms with Crippen molar-refractivity contribution in [3.63, 3.8) is 0 Å². The molecule has 0 aliphatic heterocycles. The maximum absolute atomic E-state index is 5.98. The minimum atomic E-state index is 0.378. The van der Waals surface area contributed by atoms with Gasteiger partial charge in [0.05, 0.1) is 6.04 Å². The van der Waals surface area contributed by atoms with Crippen LogP contribution in [-0.4, -0.2) is 30.2 Å². The Labute approximate surface area is 113 Å². The molecule has 0 amide bonds. The van der Waals surface area contributed by atoms with E-state index < -0.39 is 0 Å². The molecule has 1 aliphatic carbocycles. The Morgan fingerprint density at radius 1 is 1.22 bits per heavy atom. The molecule has 1 saturated carbocycles. The molecule has 18 heavy (non-hydrogen) atoms. The number of nitrogens with zero attached hydrogens (tertiary/aromatic N) is 6. The molecule has 8 heteroatoms. The van der Waals surface area contributed by atoms with Gasteiger partial charge in [-0.15, -0.1) is 5.10 Å². The molecular weight excluding hydrogens is 272 g/mol. The van der Waals surface area contributed by atoms with Gasteiger partial charge in [0.25, 0.3) is 0 Å². The molecule has 2 heterocycles. The molecule has 6 nitrogen and oxygen atoms in total. The van der Waals surface area contributed by atoms with Crippen LogP contribution in [0.3, 0.4) is 0 Å². The first-order chi connectivity index (χ1) is 8.84. The van der Waals surface area contributed by atoms with Gasteiger partial charge >= 0.3 is 0 Å². The first kappa shape index (κ1) is 11.9. The van der Waals surface area contributed by atoms with E-state index in [1.54, 1.807) is 12.4 Å².